The molecular weight excluding hydrogens is 356 g/mol. The lowest BCUT2D eigenvalue weighted by atomic mass is 10.1. The molecule has 0 spiro atoms. The number of amides is 1. The summed E-state index contributed by atoms with van der Waals surface area (Å²) in [6.07, 6.45) is 2.27. The van der Waals surface area contributed by atoms with E-state index in [1.54, 1.807) is 6.08 Å². The maximum absolute atomic E-state index is 12.8. The van der Waals surface area contributed by atoms with E-state index in [-0.39, 0.29) is 5.91 Å². The Morgan fingerprint density at radius 3 is 2.48 bits per heavy atom. The lowest BCUT2D eigenvalue weighted by Gasteiger charge is -2.17. The Bertz CT molecular complexity index is 926. The molecule has 2 aromatic carbocycles. The fourth-order valence-electron chi connectivity index (χ4n) is 2.80. The number of hydrogen-bond donors (Lipinski definition) is 1. The first-order valence-corrected chi connectivity index (χ1v) is 9.02. The van der Waals surface area contributed by atoms with Crippen LogP contribution in [0, 0.1) is 18.3 Å². The van der Waals surface area contributed by atoms with Crippen LogP contribution in [0.1, 0.15) is 17.5 Å². The van der Waals surface area contributed by atoms with Gasteiger partial charge in [-0.1, -0.05) is 29.8 Å². The van der Waals surface area contributed by atoms with Crippen LogP contribution in [0.25, 0.3) is 6.08 Å². The molecule has 0 radical (unpaired) electrons. The Kier molecular flexibility index (Phi) is 5.53. The fourth-order valence-corrected chi connectivity index (χ4v) is 3.10. The zero-order valence-corrected chi connectivity index (χ0v) is 16.1. The van der Waals surface area contributed by atoms with Crippen molar-refractivity contribution in [2.24, 2.45) is 0 Å². The average molecular weight is 376 g/mol. The molecule has 2 aromatic rings. The van der Waals surface area contributed by atoms with Crippen LogP contribution < -0.4 is 15.1 Å². The Morgan fingerprint density at radius 2 is 1.85 bits per heavy atom. The van der Waals surface area contributed by atoms with Crippen molar-refractivity contribution in [3.8, 4) is 6.07 Å². The molecule has 1 fully saturated rings. The molecule has 0 aromatic heterocycles. The van der Waals surface area contributed by atoms with E-state index >= 15 is 0 Å². The maximum atomic E-state index is 12.8. The smallest absolute Gasteiger partial charge is 0.281 e. The van der Waals surface area contributed by atoms with Crippen LogP contribution in [0.4, 0.5) is 11.4 Å². The van der Waals surface area contributed by atoms with Crippen molar-refractivity contribution >= 4 is 40.7 Å². The monoisotopic (exact) mass is 376 g/mol. The van der Waals surface area contributed by atoms with Crippen LogP contribution >= 0.6 is 12.2 Å². The third-order valence-electron chi connectivity index (χ3n) is 4.37. The van der Waals surface area contributed by atoms with Crippen molar-refractivity contribution in [3.63, 3.8) is 0 Å². The van der Waals surface area contributed by atoms with E-state index in [0.717, 1.165) is 22.5 Å². The molecule has 0 unspecified atom stereocenters. The topological polar surface area (TPSA) is 59.4 Å². The zero-order valence-electron chi connectivity index (χ0n) is 15.3. The number of benzene rings is 2. The largest absolute Gasteiger partial charge is 0.374 e. The Labute approximate surface area is 164 Å². The number of hydrogen-bond acceptors (Lipinski definition) is 4. The van der Waals surface area contributed by atoms with E-state index in [0.29, 0.717) is 23.8 Å². The van der Waals surface area contributed by atoms with Crippen LogP contribution in [-0.2, 0) is 4.79 Å². The molecule has 6 heteroatoms. The summed E-state index contributed by atoms with van der Waals surface area (Å²) in [6.45, 7) is 2.68. The number of nitrogens with zero attached hydrogens (tertiary/aromatic N) is 3. The third-order valence-corrected chi connectivity index (χ3v) is 4.66. The van der Waals surface area contributed by atoms with E-state index in [9.17, 15) is 4.79 Å². The minimum atomic E-state index is -0.168. The van der Waals surface area contributed by atoms with Gasteiger partial charge in [-0.25, -0.2) is 0 Å². The summed E-state index contributed by atoms with van der Waals surface area (Å²) in [4.78, 5) is 16.3. The lowest BCUT2D eigenvalue weighted by Crippen LogP contribution is -2.30. The number of rotatable bonds is 5. The van der Waals surface area contributed by atoms with Crippen molar-refractivity contribution < 1.29 is 4.79 Å². The van der Waals surface area contributed by atoms with Gasteiger partial charge < -0.3 is 10.2 Å². The van der Waals surface area contributed by atoms with Gasteiger partial charge in [-0.05, 0) is 55.0 Å². The molecule has 0 saturated carbocycles. The highest BCUT2D eigenvalue weighted by atomic mass is 32.1. The van der Waals surface area contributed by atoms with Gasteiger partial charge in [-0.2, -0.15) is 5.26 Å². The molecule has 136 valence electrons. The molecule has 1 N–H and O–H groups in total. The molecule has 0 aliphatic carbocycles. The predicted octanol–water partition coefficient (Wildman–Crippen LogP) is 3.61. The van der Waals surface area contributed by atoms with Crippen molar-refractivity contribution in [2.75, 3.05) is 23.4 Å². The van der Waals surface area contributed by atoms with Gasteiger partial charge in [-0.3, -0.25) is 9.69 Å². The molecule has 1 aliphatic heterocycles. The normalized spacial score (nSPS) is 15.0. The standard InChI is InChI=1S/C21H20N4OS/c1-15-4-8-18(9-5-15)25-20(26)19(23-21(25)27)14-16-6-10-17(11-7-16)24(2)13-3-12-22/h4-11,14H,3,13H2,1-2H3,(H,23,27)/b19-14-. The number of aryl methyl sites for hydroxylation is 1. The second kappa shape index (κ2) is 8.02. The summed E-state index contributed by atoms with van der Waals surface area (Å²) in [5.74, 6) is -0.168. The van der Waals surface area contributed by atoms with Crippen molar-refractivity contribution in [2.45, 2.75) is 13.3 Å². The van der Waals surface area contributed by atoms with Crippen LogP contribution in [0.3, 0.4) is 0 Å². The SMILES string of the molecule is Cc1ccc(N2C(=O)/C(=C/c3ccc(N(C)CCC#N)cc3)NC2=S)cc1. The summed E-state index contributed by atoms with van der Waals surface area (Å²) >= 11 is 5.34. The molecule has 1 aliphatic rings. The first-order chi connectivity index (χ1) is 13.0. The molecule has 1 amide bonds. The van der Waals surface area contributed by atoms with Gasteiger partial charge >= 0.3 is 0 Å². The van der Waals surface area contributed by atoms with Crippen LogP contribution in [0.15, 0.2) is 54.2 Å². The average Bonchev–Trinajstić information content (AvgIpc) is 2.94. The molecule has 1 heterocycles. The van der Waals surface area contributed by atoms with Gasteiger partial charge in [0.15, 0.2) is 5.11 Å². The van der Waals surface area contributed by atoms with E-state index in [1.807, 2.05) is 67.4 Å². The summed E-state index contributed by atoms with van der Waals surface area (Å²) < 4.78 is 0. The quantitative estimate of drug-likeness (QED) is 0.638. The summed E-state index contributed by atoms with van der Waals surface area (Å²) in [6, 6.07) is 17.6. The molecule has 27 heavy (non-hydrogen) atoms. The molecule has 5 nitrogen and oxygen atoms in total. The van der Waals surface area contributed by atoms with Crippen molar-refractivity contribution in [3.05, 3.63) is 65.4 Å². The summed E-state index contributed by atoms with van der Waals surface area (Å²) in [5.41, 5.74) is 4.25. The number of nitrogens with one attached hydrogen (secondary N) is 1. The van der Waals surface area contributed by atoms with Gasteiger partial charge in [-0.15, -0.1) is 0 Å². The molecule has 1 saturated heterocycles. The van der Waals surface area contributed by atoms with Crippen LogP contribution in [-0.4, -0.2) is 24.6 Å². The minimum Gasteiger partial charge on any atom is -0.374 e. The lowest BCUT2D eigenvalue weighted by molar-refractivity contribution is -0.113. The second-order valence-electron chi connectivity index (χ2n) is 6.39. The van der Waals surface area contributed by atoms with Gasteiger partial charge in [0.05, 0.1) is 18.2 Å². The second-order valence-corrected chi connectivity index (χ2v) is 6.77. The number of nitriles is 1. The highest BCUT2D eigenvalue weighted by molar-refractivity contribution is 7.80. The third kappa shape index (κ3) is 4.15. The van der Waals surface area contributed by atoms with Crippen molar-refractivity contribution in [1.29, 1.82) is 5.26 Å². The van der Waals surface area contributed by atoms with Gasteiger partial charge in [0.1, 0.15) is 5.70 Å². The van der Waals surface area contributed by atoms with Gasteiger partial charge in [0.2, 0.25) is 0 Å². The minimum absolute atomic E-state index is 0.168. The number of carbonyl (C=O) groups excluding carboxylic acids is 1. The molecular formula is C21H20N4OS. The Hall–Kier alpha value is -3.17. The van der Waals surface area contributed by atoms with Crippen LogP contribution in [0.5, 0.6) is 0 Å². The zero-order chi connectivity index (χ0) is 19.4. The first-order valence-electron chi connectivity index (χ1n) is 8.61. The molecule has 0 atom stereocenters. The number of anilines is 2. The highest BCUT2D eigenvalue weighted by Crippen LogP contribution is 2.23. The molecule has 3 rings (SSSR count). The van der Waals surface area contributed by atoms with Crippen LogP contribution in [0.2, 0.25) is 0 Å². The van der Waals surface area contributed by atoms with E-state index < -0.39 is 0 Å². The Balaban J connectivity index is 1.77. The van der Waals surface area contributed by atoms with Gasteiger partial charge in [0.25, 0.3) is 5.91 Å². The summed E-state index contributed by atoms with van der Waals surface area (Å²) in [7, 11) is 1.95. The number of thiocarbonyl (C=S) groups is 1. The maximum Gasteiger partial charge on any atom is 0.281 e. The number of carbonyl (C=O) groups is 1. The van der Waals surface area contributed by atoms with Gasteiger partial charge in [0, 0.05) is 19.3 Å². The van der Waals surface area contributed by atoms with E-state index in [4.69, 9.17) is 17.5 Å². The van der Waals surface area contributed by atoms with Crippen molar-refractivity contribution in [1.82, 2.24) is 5.32 Å². The summed E-state index contributed by atoms with van der Waals surface area (Å²) in [5, 5.41) is 12.1. The fraction of sp³-hybridized carbons (Fsp3) is 0.190. The predicted molar refractivity (Wildman–Crippen MR) is 112 cm³/mol. The van der Waals surface area contributed by atoms with E-state index in [2.05, 4.69) is 11.4 Å². The first kappa shape index (κ1) is 18.6. The molecule has 0 bridgehead atoms. The van der Waals surface area contributed by atoms with E-state index in [1.165, 1.54) is 4.90 Å². The Morgan fingerprint density at radius 1 is 1.19 bits per heavy atom. The highest BCUT2D eigenvalue weighted by Gasteiger charge is 2.31.